The molecule has 3 aromatic carbocycles. The molecule has 5 heteroatoms. The third kappa shape index (κ3) is 3.42. The smallest absolute Gasteiger partial charge is 0.150 e. The van der Waals surface area contributed by atoms with Gasteiger partial charge < -0.3 is 10.1 Å². The largest absolute Gasteiger partial charge is 0.488 e. The Balaban J connectivity index is 1.51. The zero-order valence-corrected chi connectivity index (χ0v) is 17.6. The maximum absolute atomic E-state index is 6.23. The second-order valence-corrected chi connectivity index (χ2v) is 8.08. The summed E-state index contributed by atoms with van der Waals surface area (Å²) in [5.41, 5.74) is 6.57. The highest BCUT2D eigenvalue weighted by Crippen LogP contribution is 2.40. The lowest BCUT2D eigenvalue weighted by molar-refractivity contribution is 0.299. The molecule has 4 aromatic rings. The molecule has 1 unspecified atom stereocenters. The number of rotatable bonds is 4. The molecule has 0 radical (unpaired) electrons. The van der Waals surface area contributed by atoms with E-state index in [-0.39, 0.29) is 6.17 Å². The van der Waals surface area contributed by atoms with Crippen LogP contribution >= 0.6 is 15.9 Å². The van der Waals surface area contributed by atoms with E-state index >= 15 is 0 Å². The van der Waals surface area contributed by atoms with Gasteiger partial charge in [-0.05, 0) is 42.8 Å². The molecular formula is C24H20BrN3O. The van der Waals surface area contributed by atoms with E-state index in [0.29, 0.717) is 6.61 Å². The van der Waals surface area contributed by atoms with Crippen LogP contribution in [0.3, 0.4) is 0 Å². The van der Waals surface area contributed by atoms with Crippen molar-refractivity contribution in [2.24, 2.45) is 0 Å². The second-order valence-electron chi connectivity index (χ2n) is 7.16. The first-order valence-corrected chi connectivity index (χ1v) is 10.4. The van der Waals surface area contributed by atoms with Crippen LogP contribution < -0.4 is 10.1 Å². The van der Waals surface area contributed by atoms with Gasteiger partial charge in [0.2, 0.25) is 0 Å². The molecule has 1 atom stereocenters. The van der Waals surface area contributed by atoms with Crippen molar-refractivity contribution in [1.82, 2.24) is 9.78 Å². The molecule has 0 fully saturated rings. The first kappa shape index (κ1) is 18.0. The van der Waals surface area contributed by atoms with E-state index in [0.717, 1.165) is 44.0 Å². The van der Waals surface area contributed by atoms with Crippen molar-refractivity contribution in [2.45, 2.75) is 19.7 Å². The molecule has 0 spiro atoms. The number of aryl methyl sites for hydroxylation is 1. The van der Waals surface area contributed by atoms with Crippen molar-refractivity contribution in [1.29, 1.82) is 0 Å². The number of fused-ring (bicyclic) bond motifs is 3. The lowest BCUT2D eigenvalue weighted by Gasteiger charge is -2.30. The topological polar surface area (TPSA) is 39.1 Å². The minimum atomic E-state index is -0.130. The summed E-state index contributed by atoms with van der Waals surface area (Å²) in [7, 11) is 0. The second kappa shape index (κ2) is 7.41. The number of nitrogens with zero attached hydrogens (tertiary/aromatic N) is 2. The van der Waals surface area contributed by atoms with E-state index < -0.39 is 0 Å². The quantitative estimate of drug-likeness (QED) is 0.407. The first-order chi connectivity index (χ1) is 14.2. The Kier molecular flexibility index (Phi) is 4.60. The van der Waals surface area contributed by atoms with Gasteiger partial charge in [-0.25, -0.2) is 4.68 Å². The summed E-state index contributed by atoms with van der Waals surface area (Å²) in [6, 6.07) is 26.8. The number of aromatic nitrogens is 2. The van der Waals surface area contributed by atoms with Gasteiger partial charge in [-0.15, -0.1) is 0 Å². The number of nitrogens with one attached hydrogen (secondary N) is 1. The van der Waals surface area contributed by atoms with Gasteiger partial charge in [0.15, 0.2) is 6.17 Å². The lowest BCUT2D eigenvalue weighted by atomic mass is 10.0. The fourth-order valence-corrected chi connectivity index (χ4v) is 4.01. The molecule has 5 rings (SSSR count). The average molecular weight is 446 g/mol. The van der Waals surface area contributed by atoms with Gasteiger partial charge in [-0.3, -0.25) is 0 Å². The lowest BCUT2D eigenvalue weighted by Crippen LogP contribution is -2.26. The highest BCUT2D eigenvalue weighted by atomic mass is 79.9. The zero-order chi connectivity index (χ0) is 19.8. The van der Waals surface area contributed by atoms with Gasteiger partial charge in [0.05, 0.1) is 11.4 Å². The van der Waals surface area contributed by atoms with Crippen molar-refractivity contribution in [3.8, 4) is 17.0 Å². The number of hydrogen-bond donors (Lipinski definition) is 1. The molecule has 0 saturated carbocycles. The highest BCUT2D eigenvalue weighted by molar-refractivity contribution is 9.10. The van der Waals surface area contributed by atoms with Crippen molar-refractivity contribution in [3.05, 3.63) is 100 Å². The van der Waals surface area contributed by atoms with E-state index in [9.17, 15) is 0 Å². The Hall–Kier alpha value is -3.05. The van der Waals surface area contributed by atoms with Crippen LogP contribution in [0.15, 0.2) is 83.3 Å². The molecule has 1 N–H and O–H groups in total. The maximum Gasteiger partial charge on any atom is 0.150 e. The van der Waals surface area contributed by atoms with E-state index in [1.165, 1.54) is 0 Å². The Morgan fingerprint density at radius 1 is 1.00 bits per heavy atom. The number of para-hydroxylation sites is 2. The fourth-order valence-electron chi connectivity index (χ4n) is 3.74. The Morgan fingerprint density at radius 2 is 1.76 bits per heavy atom. The van der Waals surface area contributed by atoms with Crippen LogP contribution in [0.1, 0.15) is 23.0 Å². The van der Waals surface area contributed by atoms with Crippen LogP contribution in [0, 0.1) is 6.92 Å². The third-order valence-electron chi connectivity index (χ3n) is 5.12. The molecule has 0 aliphatic carbocycles. The van der Waals surface area contributed by atoms with Crippen molar-refractivity contribution in [3.63, 3.8) is 0 Å². The predicted molar refractivity (Wildman–Crippen MR) is 119 cm³/mol. The van der Waals surface area contributed by atoms with Crippen molar-refractivity contribution in [2.75, 3.05) is 5.32 Å². The Morgan fingerprint density at radius 3 is 2.62 bits per heavy atom. The number of halogens is 1. The van der Waals surface area contributed by atoms with E-state index in [4.69, 9.17) is 9.84 Å². The highest BCUT2D eigenvalue weighted by Gasteiger charge is 2.28. The molecule has 0 saturated heterocycles. The minimum absolute atomic E-state index is 0.130. The van der Waals surface area contributed by atoms with Crippen LogP contribution in [0.5, 0.6) is 5.75 Å². The maximum atomic E-state index is 6.23. The van der Waals surface area contributed by atoms with Crippen molar-refractivity contribution >= 4 is 21.6 Å². The number of hydrogen-bond acceptors (Lipinski definition) is 3. The summed E-state index contributed by atoms with van der Waals surface area (Å²) in [5.74, 6) is 0.853. The summed E-state index contributed by atoms with van der Waals surface area (Å²) in [6.07, 6.45) is -0.130. The van der Waals surface area contributed by atoms with Crippen LogP contribution in [-0.2, 0) is 6.61 Å². The van der Waals surface area contributed by atoms with Crippen LogP contribution in [0.2, 0.25) is 0 Å². The van der Waals surface area contributed by atoms with E-state index in [1.807, 2.05) is 37.3 Å². The molecule has 29 heavy (non-hydrogen) atoms. The SMILES string of the molecule is Cc1cc2n(n1)C(c1ccccc1OCc1ccc(Br)cc1)Nc1ccccc1-2. The summed E-state index contributed by atoms with van der Waals surface area (Å²) in [4.78, 5) is 0. The van der Waals surface area contributed by atoms with Crippen LogP contribution in [-0.4, -0.2) is 9.78 Å². The predicted octanol–water partition coefficient (Wildman–Crippen LogP) is 6.17. The van der Waals surface area contributed by atoms with E-state index in [2.05, 4.69) is 74.5 Å². The molecule has 1 aliphatic rings. The van der Waals surface area contributed by atoms with E-state index in [1.54, 1.807) is 0 Å². The van der Waals surface area contributed by atoms with Gasteiger partial charge in [-0.2, -0.15) is 5.10 Å². The molecule has 1 aliphatic heterocycles. The van der Waals surface area contributed by atoms with Gasteiger partial charge in [0.25, 0.3) is 0 Å². The average Bonchev–Trinajstić information content (AvgIpc) is 3.15. The Bertz CT molecular complexity index is 1170. The first-order valence-electron chi connectivity index (χ1n) is 9.57. The molecule has 144 valence electrons. The third-order valence-corrected chi connectivity index (χ3v) is 5.65. The molecule has 0 amide bonds. The van der Waals surface area contributed by atoms with Gasteiger partial charge in [0, 0.05) is 21.3 Å². The molecule has 2 heterocycles. The van der Waals surface area contributed by atoms with Crippen LogP contribution in [0.4, 0.5) is 5.69 Å². The van der Waals surface area contributed by atoms with Gasteiger partial charge in [-0.1, -0.05) is 64.5 Å². The molecular weight excluding hydrogens is 426 g/mol. The number of ether oxygens (including phenoxy) is 1. The number of benzene rings is 3. The summed E-state index contributed by atoms with van der Waals surface area (Å²) >= 11 is 3.48. The molecule has 4 nitrogen and oxygen atoms in total. The standard InChI is InChI=1S/C24H20BrN3O/c1-16-14-22-19-6-2-4-8-21(19)26-24(28(22)27-16)20-7-3-5-9-23(20)29-15-17-10-12-18(25)13-11-17/h2-14,24,26H,15H2,1H3. The number of anilines is 1. The minimum Gasteiger partial charge on any atom is -0.488 e. The van der Waals surface area contributed by atoms with Gasteiger partial charge >= 0.3 is 0 Å². The summed E-state index contributed by atoms with van der Waals surface area (Å²) < 4.78 is 9.35. The normalized spacial score (nSPS) is 14.6. The van der Waals surface area contributed by atoms with Crippen LogP contribution in [0.25, 0.3) is 11.3 Å². The Labute approximate surface area is 178 Å². The molecule has 0 bridgehead atoms. The zero-order valence-electron chi connectivity index (χ0n) is 16.0. The summed E-state index contributed by atoms with van der Waals surface area (Å²) in [6.45, 7) is 2.54. The van der Waals surface area contributed by atoms with Crippen molar-refractivity contribution < 1.29 is 4.74 Å². The monoisotopic (exact) mass is 445 g/mol. The molecule has 1 aromatic heterocycles. The fraction of sp³-hybridized carbons (Fsp3) is 0.125. The van der Waals surface area contributed by atoms with Gasteiger partial charge in [0.1, 0.15) is 12.4 Å². The summed E-state index contributed by atoms with van der Waals surface area (Å²) in [5, 5.41) is 8.41.